The first-order valence-corrected chi connectivity index (χ1v) is 8.79. The van der Waals surface area contributed by atoms with E-state index in [1.54, 1.807) is 28.0 Å². The molecular weight excluding hydrogens is 336 g/mol. The van der Waals surface area contributed by atoms with Gasteiger partial charge in [-0.15, -0.1) is 0 Å². The molecule has 1 aliphatic heterocycles. The Bertz CT molecular complexity index is 768. The zero-order valence-corrected chi connectivity index (χ0v) is 15.1. The van der Waals surface area contributed by atoms with E-state index >= 15 is 0 Å². The number of morpholine rings is 1. The fraction of sp³-hybridized carbons (Fsp3) is 0.529. The summed E-state index contributed by atoms with van der Waals surface area (Å²) in [7, 11) is 0. The van der Waals surface area contributed by atoms with Crippen LogP contribution >= 0.6 is 0 Å². The van der Waals surface area contributed by atoms with Crippen LogP contribution in [0.1, 0.15) is 23.1 Å². The molecule has 2 aromatic rings. The highest BCUT2D eigenvalue weighted by Crippen LogP contribution is 2.10. The van der Waals surface area contributed by atoms with Gasteiger partial charge in [-0.05, 0) is 26.0 Å². The lowest BCUT2D eigenvalue weighted by atomic mass is 10.2. The van der Waals surface area contributed by atoms with Crippen LogP contribution in [0.3, 0.4) is 0 Å². The molecular formula is C17H24N6O3. The predicted molar refractivity (Wildman–Crippen MR) is 93.5 cm³/mol. The van der Waals surface area contributed by atoms with Crippen molar-refractivity contribution < 1.29 is 14.3 Å². The second kappa shape index (κ2) is 8.13. The average molecular weight is 360 g/mol. The van der Waals surface area contributed by atoms with E-state index in [9.17, 15) is 9.59 Å². The fourth-order valence-corrected chi connectivity index (χ4v) is 2.84. The second-order valence-electron chi connectivity index (χ2n) is 6.15. The Morgan fingerprint density at radius 1 is 1.38 bits per heavy atom. The van der Waals surface area contributed by atoms with Gasteiger partial charge in [-0.25, -0.2) is 0 Å². The number of hydrogen-bond acceptors (Lipinski definition) is 5. The third kappa shape index (κ3) is 4.10. The van der Waals surface area contributed by atoms with E-state index in [-0.39, 0.29) is 18.4 Å². The highest BCUT2D eigenvalue weighted by atomic mass is 16.5. The second-order valence-corrected chi connectivity index (χ2v) is 6.15. The summed E-state index contributed by atoms with van der Waals surface area (Å²) in [5.41, 5.74) is 1.43. The Kier molecular flexibility index (Phi) is 5.67. The van der Waals surface area contributed by atoms with Crippen LogP contribution in [0.2, 0.25) is 0 Å². The van der Waals surface area contributed by atoms with Gasteiger partial charge in [0.05, 0.1) is 19.7 Å². The van der Waals surface area contributed by atoms with Gasteiger partial charge in [-0.1, -0.05) is 0 Å². The molecule has 0 aliphatic carbocycles. The van der Waals surface area contributed by atoms with Gasteiger partial charge in [0.2, 0.25) is 0 Å². The molecule has 0 radical (unpaired) electrons. The fourth-order valence-electron chi connectivity index (χ4n) is 2.84. The number of rotatable bonds is 6. The maximum absolute atomic E-state index is 12.6. The zero-order valence-electron chi connectivity index (χ0n) is 15.1. The van der Waals surface area contributed by atoms with E-state index in [0.717, 1.165) is 5.69 Å². The van der Waals surface area contributed by atoms with E-state index in [1.165, 1.54) is 0 Å². The van der Waals surface area contributed by atoms with Crippen molar-refractivity contribution in [1.82, 2.24) is 29.8 Å². The molecule has 1 N–H and O–H groups in total. The Hall–Kier alpha value is -2.68. The van der Waals surface area contributed by atoms with Crippen molar-refractivity contribution in [3.8, 4) is 0 Å². The standard InChI is InChI=1S/C17H24N6O3/c1-3-22-8-5-14(20-22)17(25)21-10-11-26-15(12-21)16(24)18-7-9-23-13(2)4-6-19-23/h4-6,8,15H,3,7,9-12H2,1-2H3,(H,18,24). The SMILES string of the molecule is CCn1ccc(C(=O)N2CCOC(C(=O)NCCn3nccc3C)C2)n1. The molecule has 2 amide bonds. The molecule has 0 saturated carbocycles. The third-order valence-electron chi connectivity index (χ3n) is 4.38. The summed E-state index contributed by atoms with van der Waals surface area (Å²) in [4.78, 5) is 26.5. The van der Waals surface area contributed by atoms with Crippen molar-refractivity contribution in [3.05, 3.63) is 35.9 Å². The first-order chi connectivity index (χ1) is 12.6. The summed E-state index contributed by atoms with van der Waals surface area (Å²) in [6, 6.07) is 3.61. The van der Waals surface area contributed by atoms with Gasteiger partial charge in [-0.3, -0.25) is 19.0 Å². The van der Waals surface area contributed by atoms with Gasteiger partial charge in [-0.2, -0.15) is 10.2 Å². The molecule has 1 aliphatic rings. The van der Waals surface area contributed by atoms with Crippen LogP contribution < -0.4 is 5.32 Å². The Morgan fingerprint density at radius 2 is 2.23 bits per heavy atom. The van der Waals surface area contributed by atoms with Crippen LogP contribution in [0, 0.1) is 6.92 Å². The summed E-state index contributed by atoms with van der Waals surface area (Å²) in [6.07, 6.45) is 2.83. The lowest BCUT2D eigenvalue weighted by Gasteiger charge is -2.31. The van der Waals surface area contributed by atoms with Crippen molar-refractivity contribution in [2.75, 3.05) is 26.2 Å². The van der Waals surface area contributed by atoms with Crippen molar-refractivity contribution in [3.63, 3.8) is 0 Å². The summed E-state index contributed by atoms with van der Waals surface area (Å²) >= 11 is 0. The number of nitrogens with one attached hydrogen (secondary N) is 1. The molecule has 140 valence electrons. The minimum Gasteiger partial charge on any atom is -0.365 e. The molecule has 0 aromatic carbocycles. The van der Waals surface area contributed by atoms with Crippen LogP contribution in [0.25, 0.3) is 0 Å². The number of aromatic nitrogens is 4. The number of ether oxygens (including phenoxy) is 1. The van der Waals surface area contributed by atoms with Crippen molar-refractivity contribution in [2.24, 2.45) is 0 Å². The van der Waals surface area contributed by atoms with E-state index in [0.29, 0.717) is 38.5 Å². The Morgan fingerprint density at radius 3 is 2.92 bits per heavy atom. The lowest BCUT2D eigenvalue weighted by molar-refractivity contribution is -0.137. The summed E-state index contributed by atoms with van der Waals surface area (Å²) in [5, 5.41) is 11.3. The summed E-state index contributed by atoms with van der Waals surface area (Å²) < 4.78 is 9.06. The predicted octanol–water partition coefficient (Wildman–Crippen LogP) is 0.0653. The minimum absolute atomic E-state index is 0.175. The van der Waals surface area contributed by atoms with Crippen LogP contribution in [0.4, 0.5) is 0 Å². The largest absolute Gasteiger partial charge is 0.365 e. The number of carbonyl (C=O) groups is 2. The highest BCUT2D eigenvalue weighted by molar-refractivity contribution is 5.93. The smallest absolute Gasteiger partial charge is 0.274 e. The average Bonchev–Trinajstić information content (AvgIpc) is 3.30. The maximum Gasteiger partial charge on any atom is 0.274 e. The van der Waals surface area contributed by atoms with Crippen LogP contribution in [0.5, 0.6) is 0 Å². The van der Waals surface area contributed by atoms with Crippen molar-refractivity contribution in [1.29, 1.82) is 0 Å². The molecule has 1 atom stereocenters. The Labute approximate surface area is 151 Å². The number of carbonyl (C=O) groups excluding carboxylic acids is 2. The monoisotopic (exact) mass is 360 g/mol. The van der Waals surface area contributed by atoms with Gasteiger partial charge in [0.25, 0.3) is 11.8 Å². The van der Waals surface area contributed by atoms with E-state index in [4.69, 9.17) is 4.74 Å². The highest BCUT2D eigenvalue weighted by Gasteiger charge is 2.30. The van der Waals surface area contributed by atoms with Crippen molar-refractivity contribution in [2.45, 2.75) is 33.0 Å². The number of hydrogen-bond donors (Lipinski definition) is 1. The first kappa shape index (κ1) is 18.1. The third-order valence-corrected chi connectivity index (χ3v) is 4.38. The summed E-state index contributed by atoms with van der Waals surface area (Å²) in [5.74, 6) is -0.392. The van der Waals surface area contributed by atoms with Gasteiger partial charge < -0.3 is 15.0 Å². The zero-order chi connectivity index (χ0) is 18.5. The van der Waals surface area contributed by atoms with Gasteiger partial charge in [0.15, 0.2) is 6.10 Å². The molecule has 3 heterocycles. The molecule has 1 saturated heterocycles. The number of nitrogens with zero attached hydrogens (tertiary/aromatic N) is 5. The molecule has 26 heavy (non-hydrogen) atoms. The molecule has 9 heteroatoms. The van der Waals surface area contributed by atoms with Crippen molar-refractivity contribution >= 4 is 11.8 Å². The van der Waals surface area contributed by atoms with E-state index in [2.05, 4.69) is 15.5 Å². The molecule has 0 bridgehead atoms. The number of aryl methyl sites for hydroxylation is 2. The van der Waals surface area contributed by atoms with Gasteiger partial charge >= 0.3 is 0 Å². The van der Waals surface area contributed by atoms with E-state index < -0.39 is 6.10 Å². The molecule has 0 spiro atoms. The Balaban J connectivity index is 1.51. The summed E-state index contributed by atoms with van der Waals surface area (Å²) in [6.45, 7) is 6.68. The number of amides is 2. The van der Waals surface area contributed by atoms with Crippen LogP contribution in [0.15, 0.2) is 24.5 Å². The lowest BCUT2D eigenvalue weighted by Crippen LogP contribution is -2.52. The van der Waals surface area contributed by atoms with Gasteiger partial charge in [0, 0.05) is 37.7 Å². The van der Waals surface area contributed by atoms with Gasteiger partial charge in [0.1, 0.15) is 5.69 Å². The topological polar surface area (TPSA) is 94.3 Å². The first-order valence-electron chi connectivity index (χ1n) is 8.79. The van der Waals surface area contributed by atoms with Crippen LogP contribution in [-0.2, 0) is 22.6 Å². The maximum atomic E-state index is 12.6. The minimum atomic E-state index is -0.667. The molecule has 9 nitrogen and oxygen atoms in total. The molecule has 1 fully saturated rings. The van der Waals surface area contributed by atoms with E-state index in [1.807, 2.05) is 24.6 Å². The molecule has 1 unspecified atom stereocenters. The molecule has 2 aromatic heterocycles. The quantitative estimate of drug-likeness (QED) is 0.786. The molecule has 3 rings (SSSR count). The van der Waals surface area contributed by atoms with Crippen LogP contribution in [-0.4, -0.2) is 68.6 Å². The normalized spacial score (nSPS) is 17.3.